The van der Waals surface area contributed by atoms with Crippen molar-refractivity contribution in [2.24, 2.45) is 12.0 Å². The number of ether oxygens (including phenoxy) is 1. The molecule has 1 aliphatic heterocycles. The first kappa shape index (κ1) is 19.8. The molecule has 4 heterocycles. The summed E-state index contributed by atoms with van der Waals surface area (Å²) >= 11 is 0. The molecule has 4 aromatic rings. The molecule has 1 N–H and O–H groups in total. The van der Waals surface area contributed by atoms with Crippen LogP contribution in [0.25, 0.3) is 16.6 Å². The quantitative estimate of drug-likeness (QED) is 0.537. The molecule has 0 aliphatic carbocycles. The van der Waals surface area contributed by atoms with Gasteiger partial charge in [-0.25, -0.2) is 15.4 Å². The number of hydrogen-bond donors (Lipinski definition) is 1. The van der Waals surface area contributed by atoms with Crippen LogP contribution < -0.4 is 10.2 Å². The lowest BCUT2D eigenvalue weighted by molar-refractivity contribution is 0.0623. The third-order valence-electron chi connectivity index (χ3n) is 5.47. The highest BCUT2D eigenvalue weighted by Gasteiger charge is 2.23. The first-order valence-electron chi connectivity index (χ1n) is 10.1. The second-order valence-electron chi connectivity index (χ2n) is 7.59. The fraction of sp³-hybridized carbons (Fsp3) is 0.217. The second kappa shape index (κ2) is 7.83. The number of nitrogens with zero attached hydrogens (tertiary/aromatic N) is 6. The van der Waals surface area contributed by atoms with Crippen molar-refractivity contribution in [1.29, 1.82) is 5.26 Å². The normalized spacial score (nSPS) is 15.8. The molecule has 160 valence electrons. The lowest BCUT2D eigenvalue weighted by atomic mass is 10.1. The van der Waals surface area contributed by atoms with Crippen molar-refractivity contribution in [2.45, 2.75) is 13.0 Å². The molecular weight excluding hydrogens is 406 g/mol. The Hall–Kier alpha value is -4.16. The standard InChI is InChI=1S/C23H21N7O2/c1-14-10-30(13-25-14)20-7-6-18(27-23(20)31-3)22-26-19(12-32-28-22)17-11-29(2)21-8-15(9-24)4-5-16(17)21/h4-8,10-11,13,19H,12H2,1-3H3,(H,26,28). The smallest absolute Gasteiger partial charge is 0.238 e. The summed E-state index contributed by atoms with van der Waals surface area (Å²) in [5.74, 6) is 0.985. The number of nitriles is 1. The number of aliphatic imine (C=N–C) groups is 1. The van der Waals surface area contributed by atoms with E-state index in [1.54, 1.807) is 13.4 Å². The summed E-state index contributed by atoms with van der Waals surface area (Å²) in [4.78, 5) is 19.4. The maximum absolute atomic E-state index is 9.21. The topological polar surface area (TPSA) is 102 Å². The largest absolute Gasteiger partial charge is 0.479 e. The van der Waals surface area contributed by atoms with E-state index in [0.29, 0.717) is 29.6 Å². The highest BCUT2D eigenvalue weighted by Crippen LogP contribution is 2.31. The number of aromatic nitrogens is 4. The van der Waals surface area contributed by atoms with Crippen LogP contribution in [0.5, 0.6) is 5.88 Å². The number of rotatable bonds is 4. The van der Waals surface area contributed by atoms with Crippen LogP contribution in [-0.4, -0.2) is 38.7 Å². The van der Waals surface area contributed by atoms with Gasteiger partial charge >= 0.3 is 0 Å². The van der Waals surface area contributed by atoms with Crippen LogP contribution in [0, 0.1) is 18.3 Å². The predicted molar refractivity (Wildman–Crippen MR) is 119 cm³/mol. The zero-order valence-corrected chi connectivity index (χ0v) is 17.9. The molecule has 0 fully saturated rings. The molecule has 0 bridgehead atoms. The Kier molecular flexibility index (Phi) is 4.84. The summed E-state index contributed by atoms with van der Waals surface area (Å²) in [6.45, 7) is 2.31. The molecule has 1 aromatic carbocycles. The van der Waals surface area contributed by atoms with Gasteiger partial charge in [0.15, 0.2) is 5.84 Å². The molecule has 3 aromatic heterocycles. The van der Waals surface area contributed by atoms with E-state index in [-0.39, 0.29) is 6.04 Å². The summed E-state index contributed by atoms with van der Waals surface area (Å²) in [5.41, 5.74) is 7.82. The first-order chi connectivity index (χ1) is 15.6. The van der Waals surface area contributed by atoms with E-state index in [9.17, 15) is 5.26 Å². The number of hydroxylamine groups is 1. The van der Waals surface area contributed by atoms with Crippen LogP contribution in [0.2, 0.25) is 0 Å². The van der Waals surface area contributed by atoms with Crippen LogP contribution in [0.4, 0.5) is 0 Å². The van der Waals surface area contributed by atoms with E-state index in [4.69, 9.17) is 14.6 Å². The predicted octanol–water partition coefficient (Wildman–Crippen LogP) is 2.97. The van der Waals surface area contributed by atoms with Crippen LogP contribution in [0.3, 0.4) is 0 Å². The van der Waals surface area contributed by atoms with Gasteiger partial charge in [0, 0.05) is 35.9 Å². The summed E-state index contributed by atoms with van der Waals surface area (Å²) < 4.78 is 9.39. The number of nitrogens with one attached hydrogen (secondary N) is 1. The number of methoxy groups -OCH3 is 1. The fourth-order valence-electron chi connectivity index (χ4n) is 3.90. The summed E-state index contributed by atoms with van der Waals surface area (Å²) in [5, 5.41) is 10.3. The molecule has 0 radical (unpaired) electrons. The Balaban J connectivity index is 1.52. The van der Waals surface area contributed by atoms with Crippen molar-refractivity contribution >= 4 is 16.7 Å². The van der Waals surface area contributed by atoms with Crippen LogP contribution in [-0.2, 0) is 11.9 Å². The summed E-state index contributed by atoms with van der Waals surface area (Å²) in [7, 11) is 3.54. The third kappa shape index (κ3) is 3.36. The van der Waals surface area contributed by atoms with Crippen LogP contribution in [0.1, 0.15) is 28.6 Å². The molecule has 5 rings (SSSR count). The van der Waals surface area contributed by atoms with Crippen molar-refractivity contribution in [3.63, 3.8) is 0 Å². The number of benzene rings is 1. The Morgan fingerprint density at radius 1 is 1.25 bits per heavy atom. The van der Waals surface area contributed by atoms with E-state index in [1.165, 1.54) is 0 Å². The second-order valence-corrected chi connectivity index (χ2v) is 7.59. The maximum atomic E-state index is 9.21. The first-order valence-corrected chi connectivity index (χ1v) is 10.1. The van der Waals surface area contributed by atoms with Gasteiger partial charge in [-0.2, -0.15) is 5.26 Å². The Bertz CT molecular complexity index is 1390. The van der Waals surface area contributed by atoms with Crippen molar-refractivity contribution < 1.29 is 9.57 Å². The highest BCUT2D eigenvalue weighted by atomic mass is 16.6. The zero-order valence-electron chi connectivity index (χ0n) is 17.9. The lowest BCUT2D eigenvalue weighted by Crippen LogP contribution is -2.33. The Morgan fingerprint density at radius 3 is 2.88 bits per heavy atom. The highest BCUT2D eigenvalue weighted by molar-refractivity contribution is 5.97. The van der Waals surface area contributed by atoms with E-state index in [2.05, 4.69) is 21.5 Å². The average molecular weight is 427 g/mol. The molecule has 9 heteroatoms. The molecule has 1 unspecified atom stereocenters. The van der Waals surface area contributed by atoms with E-state index >= 15 is 0 Å². The maximum Gasteiger partial charge on any atom is 0.238 e. The van der Waals surface area contributed by atoms with Crippen molar-refractivity contribution in [2.75, 3.05) is 13.7 Å². The average Bonchev–Trinajstić information content (AvgIpc) is 3.41. The Morgan fingerprint density at radius 2 is 2.12 bits per heavy atom. The number of pyridine rings is 1. The van der Waals surface area contributed by atoms with Gasteiger partial charge in [-0.1, -0.05) is 6.07 Å². The van der Waals surface area contributed by atoms with Gasteiger partial charge in [0.1, 0.15) is 24.0 Å². The monoisotopic (exact) mass is 427 g/mol. The van der Waals surface area contributed by atoms with Crippen molar-refractivity contribution in [3.05, 3.63) is 71.6 Å². The number of aryl methyl sites for hydroxylation is 2. The number of amidine groups is 1. The number of hydrogen-bond acceptors (Lipinski definition) is 7. The van der Waals surface area contributed by atoms with Gasteiger partial charge in [0.25, 0.3) is 0 Å². The Labute approximate surface area is 184 Å². The molecule has 32 heavy (non-hydrogen) atoms. The third-order valence-corrected chi connectivity index (χ3v) is 5.47. The molecule has 0 saturated heterocycles. The van der Waals surface area contributed by atoms with Crippen molar-refractivity contribution in [3.8, 4) is 17.6 Å². The molecule has 0 spiro atoms. The molecule has 9 nitrogen and oxygen atoms in total. The number of imidazole rings is 1. The lowest BCUT2D eigenvalue weighted by Gasteiger charge is -2.22. The van der Waals surface area contributed by atoms with Gasteiger partial charge in [0.05, 0.1) is 30.8 Å². The van der Waals surface area contributed by atoms with Crippen molar-refractivity contribution in [1.82, 2.24) is 24.6 Å². The summed E-state index contributed by atoms with van der Waals surface area (Å²) in [6, 6.07) is 11.4. The molecule has 0 saturated carbocycles. The van der Waals surface area contributed by atoms with Crippen LogP contribution >= 0.6 is 0 Å². The van der Waals surface area contributed by atoms with E-state index < -0.39 is 0 Å². The number of fused-ring (bicyclic) bond motifs is 1. The molecule has 1 atom stereocenters. The minimum absolute atomic E-state index is 0.216. The minimum Gasteiger partial charge on any atom is -0.479 e. The van der Waals surface area contributed by atoms with Gasteiger partial charge < -0.3 is 13.9 Å². The molecule has 0 amide bonds. The van der Waals surface area contributed by atoms with E-state index in [0.717, 1.165) is 27.8 Å². The summed E-state index contributed by atoms with van der Waals surface area (Å²) in [6.07, 6.45) is 5.67. The van der Waals surface area contributed by atoms with Gasteiger partial charge in [-0.05, 0) is 31.2 Å². The van der Waals surface area contributed by atoms with Crippen LogP contribution in [0.15, 0.2) is 54.0 Å². The van der Waals surface area contributed by atoms with Gasteiger partial charge in [-0.3, -0.25) is 9.83 Å². The minimum atomic E-state index is -0.216. The van der Waals surface area contributed by atoms with Gasteiger partial charge in [0.2, 0.25) is 5.88 Å². The molecular formula is C23H21N7O2. The zero-order chi connectivity index (χ0) is 22.2. The van der Waals surface area contributed by atoms with Gasteiger partial charge in [-0.15, -0.1) is 0 Å². The molecule has 1 aliphatic rings. The fourth-order valence-corrected chi connectivity index (χ4v) is 3.90. The SMILES string of the molecule is COc1nc(C2=NC(c3cn(C)c4cc(C#N)ccc34)CON2)ccc1-n1cnc(C)c1. The van der Waals surface area contributed by atoms with E-state index in [1.807, 2.05) is 65.8 Å².